The van der Waals surface area contributed by atoms with Gasteiger partial charge >= 0.3 is 0 Å². The van der Waals surface area contributed by atoms with Crippen molar-refractivity contribution in [2.75, 3.05) is 13.6 Å². The van der Waals surface area contributed by atoms with E-state index in [1.54, 1.807) is 0 Å². The maximum Gasteiger partial charge on any atom is 0.0802 e. The highest BCUT2D eigenvalue weighted by Crippen LogP contribution is 2.25. The first-order valence-electron chi connectivity index (χ1n) is 5.72. The van der Waals surface area contributed by atoms with Crippen molar-refractivity contribution < 1.29 is 5.11 Å². The van der Waals surface area contributed by atoms with Crippen LogP contribution in [0.5, 0.6) is 0 Å². The lowest BCUT2D eigenvalue weighted by atomic mass is 10.1. The lowest BCUT2D eigenvalue weighted by molar-refractivity contribution is 0.167. The molecule has 0 aliphatic carbocycles. The third kappa shape index (κ3) is 4.56. The van der Waals surface area contributed by atoms with Gasteiger partial charge in [-0.1, -0.05) is 26.0 Å². The number of aliphatic hydroxyl groups is 1. The summed E-state index contributed by atoms with van der Waals surface area (Å²) >= 11 is 1.84. The molecule has 0 radical (unpaired) electrons. The van der Waals surface area contributed by atoms with Crippen molar-refractivity contribution in [3.63, 3.8) is 0 Å². The average molecular weight is 239 g/mol. The van der Waals surface area contributed by atoms with Crippen molar-refractivity contribution in [1.29, 1.82) is 0 Å². The van der Waals surface area contributed by atoms with Crippen molar-refractivity contribution in [2.45, 2.75) is 36.5 Å². The third-order valence-corrected chi connectivity index (χ3v) is 3.32. The average Bonchev–Trinajstić information content (AvgIpc) is 2.26. The molecular formula is C13H21NOS. The molecule has 90 valence electrons. The smallest absolute Gasteiger partial charge is 0.0802 e. The van der Waals surface area contributed by atoms with Crippen molar-refractivity contribution in [3.05, 3.63) is 29.8 Å². The molecule has 1 atom stereocenters. The predicted molar refractivity (Wildman–Crippen MR) is 70.9 cm³/mol. The van der Waals surface area contributed by atoms with Gasteiger partial charge in [0.2, 0.25) is 0 Å². The highest BCUT2D eigenvalue weighted by atomic mass is 32.2. The van der Waals surface area contributed by atoms with Gasteiger partial charge < -0.3 is 10.4 Å². The monoisotopic (exact) mass is 239 g/mol. The second-order valence-corrected chi connectivity index (χ2v) is 5.79. The van der Waals surface area contributed by atoms with Crippen LogP contribution < -0.4 is 5.32 Å². The van der Waals surface area contributed by atoms with Gasteiger partial charge in [0, 0.05) is 10.1 Å². The molecule has 0 amide bonds. The van der Waals surface area contributed by atoms with E-state index in [9.17, 15) is 5.11 Å². The molecule has 0 fully saturated rings. The first-order valence-corrected chi connectivity index (χ1v) is 6.60. The van der Waals surface area contributed by atoms with E-state index in [0.717, 1.165) is 18.5 Å². The molecule has 0 bridgehead atoms. The second-order valence-electron chi connectivity index (χ2n) is 4.14. The Hall–Kier alpha value is -0.510. The quantitative estimate of drug-likeness (QED) is 0.749. The van der Waals surface area contributed by atoms with Crippen LogP contribution in [-0.2, 0) is 0 Å². The molecule has 0 spiro atoms. The van der Waals surface area contributed by atoms with E-state index in [2.05, 4.69) is 31.3 Å². The largest absolute Gasteiger partial charge is 0.388 e. The van der Waals surface area contributed by atoms with Gasteiger partial charge in [-0.05, 0) is 37.7 Å². The minimum atomic E-state index is -0.356. The van der Waals surface area contributed by atoms with Gasteiger partial charge in [-0.15, -0.1) is 11.8 Å². The molecule has 0 aliphatic heterocycles. The molecule has 1 unspecified atom stereocenters. The Morgan fingerprint density at radius 1 is 1.25 bits per heavy atom. The Morgan fingerprint density at radius 2 is 1.88 bits per heavy atom. The van der Waals surface area contributed by atoms with Crippen LogP contribution >= 0.6 is 11.8 Å². The molecule has 1 aromatic rings. The Labute approximate surface area is 102 Å². The minimum Gasteiger partial charge on any atom is -0.388 e. The van der Waals surface area contributed by atoms with Crippen molar-refractivity contribution in [1.82, 2.24) is 5.32 Å². The minimum absolute atomic E-state index is 0.356. The topological polar surface area (TPSA) is 32.3 Å². The zero-order chi connectivity index (χ0) is 12.0. The highest BCUT2D eigenvalue weighted by molar-refractivity contribution is 7.99. The van der Waals surface area contributed by atoms with Gasteiger partial charge in [0.1, 0.15) is 0 Å². The number of rotatable bonds is 6. The molecule has 2 nitrogen and oxygen atoms in total. The van der Waals surface area contributed by atoms with Crippen LogP contribution in [0.15, 0.2) is 29.2 Å². The maximum absolute atomic E-state index is 9.88. The summed E-state index contributed by atoms with van der Waals surface area (Å²) in [5.41, 5.74) is 1.00. The van der Waals surface area contributed by atoms with Gasteiger partial charge in [-0.25, -0.2) is 0 Å². The van der Waals surface area contributed by atoms with E-state index in [4.69, 9.17) is 0 Å². The fraction of sp³-hybridized carbons (Fsp3) is 0.538. The zero-order valence-corrected chi connectivity index (χ0v) is 11.1. The molecule has 16 heavy (non-hydrogen) atoms. The van der Waals surface area contributed by atoms with E-state index < -0.39 is 0 Å². The summed E-state index contributed by atoms with van der Waals surface area (Å²) in [4.78, 5) is 1.26. The van der Waals surface area contributed by atoms with Crippen LogP contribution in [0.2, 0.25) is 0 Å². The van der Waals surface area contributed by atoms with Gasteiger partial charge in [0.25, 0.3) is 0 Å². The molecule has 0 aromatic heterocycles. The summed E-state index contributed by atoms with van der Waals surface area (Å²) in [6.45, 7) is 5.20. The second kappa shape index (κ2) is 6.94. The van der Waals surface area contributed by atoms with E-state index >= 15 is 0 Å². The highest BCUT2D eigenvalue weighted by Gasteiger charge is 2.06. The normalized spacial score (nSPS) is 13.1. The van der Waals surface area contributed by atoms with Crippen molar-refractivity contribution in [3.8, 4) is 0 Å². The number of benzene rings is 1. The van der Waals surface area contributed by atoms with Crippen LogP contribution in [0.3, 0.4) is 0 Å². The molecular weight excluding hydrogens is 218 g/mol. The molecule has 0 aliphatic rings. The van der Waals surface area contributed by atoms with Gasteiger partial charge in [-0.3, -0.25) is 0 Å². The van der Waals surface area contributed by atoms with Crippen LogP contribution in [0.1, 0.15) is 31.9 Å². The number of hydrogen-bond acceptors (Lipinski definition) is 3. The first-order chi connectivity index (χ1) is 7.63. The third-order valence-electron chi connectivity index (χ3n) is 2.30. The Kier molecular flexibility index (Phi) is 5.88. The van der Waals surface area contributed by atoms with E-state index in [0.29, 0.717) is 5.25 Å². The van der Waals surface area contributed by atoms with E-state index in [-0.39, 0.29) is 6.10 Å². The summed E-state index contributed by atoms with van der Waals surface area (Å²) in [6.07, 6.45) is 0.401. The maximum atomic E-state index is 9.88. The van der Waals surface area contributed by atoms with Crippen LogP contribution in [0, 0.1) is 0 Å². The summed E-state index contributed by atoms with van der Waals surface area (Å²) in [6, 6.07) is 8.21. The van der Waals surface area contributed by atoms with Crippen LogP contribution in [0.4, 0.5) is 0 Å². The van der Waals surface area contributed by atoms with Gasteiger partial charge in [-0.2, -0.15) is 0 Å². The number of aliphatic hydroxyl groups excluding tert-OH is 1. The molecule has 0 saturated heterocycles. The first kappa shape index (κ1) is 13.6. The van der Waals surface area contributed by atoms with E-state index in [1.807, 2.05) is 30.9 Å². The summed E-state index contributed by atoms with van der Waals surface area (Å²) < 4.78 is 0. The molecule has 2 N–H and O–H groups in total. The molecule has 3 heteroatoms. The molecule has 0 saturated carbocycles. The fourth-order valence-electron chi connectivity index (χ4n) is 1.49. The Bertz CT molecular complexity index is 297. The lowest BCUT2D eigenvalue weighted by Crippen LogP contribution is -2.11. The Balaban J connectivity index is 2.56. The number of thioether (sulfide) groups is 1. The van der Waals surface area contributed by atoms with Crippen molar-refractivity contribution in [2.24, 2.45) is 0 Å². The summed E-state index contributed by atoms with van der Waals surface area (Å²) in [5, 5.41) is 13.5. The molecule has 0 heterocycles. The van der Waals surface area contributed by atoms with Crippen LogP contribution in [-0.4, -0.2) is 23.9 Å². The van der Waals surface area contributed by atoms with Crippen LogP contribution in [0.25, 0.3) is 0 Å². The van der Waals surface area contributed by atoms with E-state index in [1.165, 1.54) is 4.90 Å². The fourth-order valence-corrected chi connectivity index (χ4v) is 2.33. The standard InChI is InChI=1S/C13H21NOS/c1-10(2)16-12-6-4-11(5-7-12)13(15)8-9-14-3/h4-7,10,13-15H,8-9H2,1-3H3. The predicted octanol–water partition coefficient (Wildman–Crippen LogP) is 2.83. The van der Waals surface area contributed by atoms with Crippen molar-refractivity contribution >= 4 is 11.8 Å². The molecule has 1 aromatic carbocycles. The lowest BCUT2D eigenvalue weighted by Gasteiger charge is -2.11. The SMILES string of the molecule is CNCCC(O)c1ccc(SC(C)C)cc1. The van der Waals surface area contributed by atoms with Gasteiger partial charge in [0.15, 0.2) is 0 Å². The summed E-state index contributed by atoms with van der Waals surface area (Å²) in [7, 11) is 1.90. The van der Waals surface area contributed by atoms with Gasteiger partial charge in [0.05, 0.1) is 6.10 Å². The summed E-state index contributed by atoms with van der Waals surface area (Å²) in [5.74, 6) is 0. The number of hydrogen-bond donors (Lipinski definition) is 2. The zero-order valence-electron chi connectivity index (χ0n) is 10.2. The molecule has 1 rings (SSSR count). The number of nitrogens with one attached hydrogen (secondary N) is 1. The Morgan fingerprint density at radius 3 is 2.38 bits per heavy atom.